The molecule has 0 aliphatic carbocycles. The highest BCUT2D eigenvalue weighted by Crippen LogP contribution is 2.36. The van der Waals surface area contributed by atoms with Gasteiger partial charge in [-0.1, -0.05) is 0 Å². The van der Waals surface area contributed by atoms with E-state index in [1.165, 1.54) is 0 Å². The number of rotatable bonds is 3. The van der Waals surface area contributed by atoms with Gasteiger partial charge in [0.2, 0.25) is 0 Å². The van der Waals surface area contributed by atoms with Crippen molar-refractivity contribution < 1.29 is 14.1 Å². The minimum Gasteiger partial charge on any atom is -0.402 e. The van der Waals surface area contributed by atoms with Crippen LogP contribution in [-0.2, 0) is 9.31 Å². The third kappa shape index (κ3) is 3.07. The summed E-state index contributed by atoms with van der Waals surface area (Å²) in [7, 11) is -0.470. The number of pyridine rings is 2. The highest BCUT2D eigenvalue weighted by atomic mass is 16.7. The minimum absolute atomic E-state index is 0.271. The second-order valence-corrected chi connectivity index (χ2v) is 6.64. The van der Waals surface area contributed by atoms with Crippen LogP contribution in [0.4, 0.5) is 0 Å². The third-order valence-electron chi connectivity index (χ3n) is 4.43. The lowest BCUT2D eigenvalue weighted by Crippen LogP contribution is -2.41. The molecular formula is C16H20BN3O3. The number of amides is 1. The van der Waals surface area contributed by atoms with Gasteiger partial charge < -0.3 is 14.6 Å². The van der Waals surface area contributed by atoms with Crippen LogP contribution in [0.5, 0.6) is 0 Å². The second kappa shape index (κ2) is 5.58. The quantitative estimate of drug-likeness (QED) is 0.877. The Balaban J connectivity index is 1.65. The monoisotopic (exact) mass is 313 g/mol. The molecule has 2 aromatic heterocycles. The fraction of sp³-hybridized carbons (Fsp3) is 0.438. The Morgan fingerprint density at radius 1 is 1.17 bits per heavy atom. The van der Waals surface area contributed by atoms with E-state index >= 15 is 0 Å². The molecule has 0 radical (unpaired) electrons. The Morgan fingerprint density at radius 3 is 2.57 bits per heavy atom. The van der Waals surface area contributed by atoms with E-state index in [1.54, 1.807) is 12.3 Å². The van der Waals surface area contributed by atoms with Crippen LogP contribution in [0.25, 0.3) is 11.0 Å². The maximum atomic E-state index is 12.3. The molecule has 120 valence electrons. The standard InChI is InChI=1S/C16H20BN3O3/c1-15(2)16(3,4)23-17(22-15)10-19-14(21)12-8-7-11-6-5-9-18-13(11)20-12/h5-9H,10H2,1-4H3,(H,19,21). The molecule has 1 aliphatic heterocycles. The summed E-state index contributed by atoms with van der Waals surface area (Å²) in [6.07, 6.45) is 1.93. The van der Waals surface area contributed by atoms with Gasteiger partial charge in [-0.15, -0.1) is 0 Å². The Kier molecular flexibility index (Phi) is 3.86. The van der Waals surface area contributed by atoms with Gasteiger partial charge in [-0.25, -0.2) is 9.97 Å². The second-order valence-electron chi connectivity index (χ2n) is 6.64. The van der Waals surface area contributed by atoms with E-state index < -0.39 is 18.3 Å². The first-order chi connectivity index (χ1) is 10.8. The topological polar surface area (TPSA) is 73.3 Å². The summed E-state index contributed by atoms with van der Waals surface area (Å²) in [5.41, 5.74) is 0.0598. The molecule has 1 fully saturated rings. The molecule has 6 nitrogen and oxygen atoms in total. The molecule has 0 unspecified atom stereocenters. The molecule has 0 atom stereocenters. The normalized spacial score (nSPS) is 19.0. The van der Waals surface area contributed by atoms with Crippen molar-refractivity contribution in [3.63, 3.8) is 0 Å². The summed E-state index contributed by atoms with van der Waals surface area (Å²) >= 11 is 0. The summed E-state index contributed by atoms with van der Waals surface area (Å²) in [5.74, 6) is -0.271. The highest BCUT2D eigenvalue weighted by Gasteiger charge is 2.50. The molecule has 3 heterocycles. The van der Waals surface area contributed by atoms with Crippen LogP contribution in [0.15, 0.2) is 30.5 Å². The molecule has 1 amide bonds. The van der Waals surface area contributed by atoms with Crippen LogP contribution in [0.1, 0.15) is 38.2 Å². The van der Waals surface area contributed by atoms with Crippen molar-refractivity contribution in [3.8, 4) is 0 Å². The molecule has 0 aromatic carbocycles. The molecule has 23 heavy (non-hydrogen) atoms. The van der Waals surface area contributed by atoms with Crippen LogP contribution in [-0.4, -0.2) is 40.6 Å². The van der Waals surface area contributed by atoms with Gasteiger partial charge in [0, 0.05) is 11.6 Å². The number of nitrogens with zero attached hydrogens (tertiary/aromatic N) is 2. The highest BCUT2D eigenvalue weighted by molar-refractivity contribution is 6.46. The van der Waals surface area contributed by atoms with Gasteiger partial charge in [0.25, 0.3) is 5.91 Å². The molecule has 0 saturated carbocycles. The molecule has 0 bridgehead atoms. The number of hydrogen-bond donors (Lipinski definition) is 1. The van der Waals surface area contributed by atoms with Crippen LogP contribution >= 0.6 is 0 Å². The summed E-state index contributed by atoms with van der Waals surface area (Å²) in [6.45, 7) is 7.91. The maximum absolute atomic E-state index is 12.3. The van der Waals surface area contributed by atoms with E-state index in [4.69, 9.17) is 9.31 Å². The number of aromatic nitrogens is 2. The Bertz CT molecular complexity index is 732. The maximum Gasteiger partial charge on any atom is 0.478 e. The first-order valence-corrected chi connectivity index (χ1v) is 7.64. The number of carbonyl (C=O) groups excluding carboxylic acids is 1. The van der Waals surface area contributed by atoms with E-state index in [9.17, 15) is 4.79 Å². The smallest absolute Gasteiger partial charge is 0.402 e. The zero-order valence-electron chi connectivity index (χ0n) is 13.8. The van der Waals surface area contributed by atoms with E-state index in [-0.39, 0.29) is 12.4 Å². The summed E-state index contributed by atoms with van der Waals surface area (Å²) in [5, 5.41) is 3.70. The molecule has 1 saturated heterocycles. The average Bonchev–Trinajstić information content (AvgIpc) is 2.72. The van der Waals surface area contributed by atoms with Crippen molar-refractivity contribution >= 4 is 24.1 Å². The Labute approximate surface area is 135 Å². The van der Waals surface area contributed by atoms with Crippen molar-refractivity contribution in [2.75, 3.05) is 6.44 Å². The van der Waals surface area contributed by atoms with Gasteiger partial charge in [0.15, 0.2) is 5.65 Å². The van der Waals surface area contributed by atoms with Gasteiger partial charge in [-0.3, -0.25) is 4.79 Å². The predicted molar refractivity (Wildman–Crippen MR) is 88.0 cm³/mol. The van der Waals surface area contributed by atoms with Crippen LogP contribution in [0, 0.1) is 0 Å². The lowest BCUT2D eigenvalue weighted by Gasteiger charge is -2.32. The summed E-state index contributed by atoms with van der Waals surface area (Å²) in [4.78, 5) is 20.7. The number of carbonyl (C=O) groups is 1. The minimum atomic E-state index is -0.470. The Hall–Kier alpha value is -1.99. The van der Waals surface area contributed by atoms with Gasteiger partial charge in [-0.05, 0) is 52.0 Å². The fourth-order valence-corrected chi connectivity index (χ4v) is 2.39. The van der Waals surface area contributed by atoms with Crippen molar-refractivity contribution in [1.29, 1.82) is 0 Å². The van der Waals surface area contributed by atoms with Gasteiger partial charge >= 0.3 is 7.12 Å². The van der Waals surface area contributed by atoms with Crippen LogP contribution in [0.2, 0.25) is 0 Å². The van der Waals surface area contributed by atoms with Gasteiger partial charge in [0.1, 0.15) is 5.69 Å². The fourth-order valence-electron chi connectivity index (χ4n) is 2.39. The molecule has 1 N–H and O–H groups in total. The SMILES string of the molecule is CC1(C)OB(CNC(=O)c2ccc3cccnc3n2)OC1(C)C. The number of nitrogens with one attached hydrogen (secondary N) is 1. The van der Waals surface area contributed by atoms with E-state index in [2.05, 4.69) is 15.3 Å². The third-order valence-corrected chi connectivity index (χ3v) is 4.43. The van der Waals surface area contributed by atoms with E-state index in [0.717, 1.165) is 5.39 Å². The lowest BCUT2D eigenvalue weighted by molar-refractivity contribution is 0.00578. The summed E-state index contributed by atoms with van der Waals surface area (Å²) in [6, 6.07) is 7.26. The van der Waals surface area contributed by atoms with E-state index in [0.29, 0.717) is 11.3 Å². The van der Waals surface area contributed by atoms with Crippen LogP contribution < -0.4 is 5.32 Å². The van der Waals surface area contributed by atoms with Gasteiger partial charge in [0.05, 0.1) is 17.6 Å². The zero-order valence-corrected chi connectivity index (χ0v) is 13.8. The molecule has 7 heteroatoms. The van der Waals surface area contributed by atoms with Crippen molar-refractivity contribution in [3.05, 3.63) is 36.2 Å². The number of fused-ring (bicyclic) bond motifs is 1. The molecular weight excluding hydrogens is 293 g/mol. The molecule has 0 spiro atoms. The largest absolute Gasteiger partial charge is 0.478 e. The van der Waals surface area contributed by atoms with Crippen molar-refractivity contribution in [1.82, 2.24) is 15.3 Å². The Morgan fingerprint density at radius 2 is 1.87 bits per heavy atom. The molecule has 1 aliphatic rings. The number of hydrogen-bond acceptors (Lipinski definition) is 5. The van der Waals surface area contributed by atoms with Crippen molar-refractivity contribution in [2.24, 2.45) is 0 Å². The summed E-state index contributed by atoms with van der Waals surface area (Å²) < 4.78 is 11.7. The molecule has 2 aromatic rings. The average molecular weight is 313 g/mol. The zero-order chi connectivity index (χ0) is 16.7. The van der Waals surface area contributed by atoms with Crippen LogP contribution in [0.3, 0.4) is 0 Å². The first-order valence-electron chi connectivity index (χ1n) is 7.64. The predicted octanol–water partition coefficient (Wildman–Crippen LogP) is 1.99. The first kappa shape index (κ1) is 15.9. The lowest BCUT2D eigenvalue weighted by atomic mass is 9.90. The van der Waals surface area contributed by atoms with Crippen molar-refractivity contribution in [2.45, 2.75) is 38.9 Å². The molecule has 3 rings (SSSR count). The van der Waals surface area contributed by atoms with E-state index in [1.807, 2.05) is 45.9 Å². The van der Waals surface area contributed by atoms with Gasteiger partial charge in [-0.2, -0.15) is 0 Å².